The molecule has 0 aromatic heterocycles. The van der Waals surface area contributed by atoms with Gasteiger partial charge in [-0.2, -0.15) is 0 Å². The minimum Gasteiger partial charge on any atom is -0.394 e. The van der Waals surface area contributed by atoms with Crippen molar-refractivity contribution in [3.63, 3.8) is 0 Å². The lowest BCUT2D eigenvalue weighted by Crippen LogP contribution is -2.57. The van der Waals surface area contributed by atoms with Crippen molar-refractivity contribution in [1.29, 1.82) is 0 Å². The van der Waals surface area contributed by atoms with E-state index >= 15 is 0 Å². The smallest absolute Gasteiger partial charge is 0.129 e. The Morgan fingerprint density at radius 1 is 1.00 bits per heavy atom. The molecule has 5 rings (SSSR count). The van der Waals surface area contributed by atoms with Gasteiger partial charge in [-0.25, -0.2) is 0 Å². The Kier molecular flexibility index (Phi) is 10.6. The van der Waals surface area contributed by atoms with Crippen LogP contribution in [0, 0.1) is 34.5 Å². The summed E-state index contributed by atoms with van der Waals surface area (Å²) in [6.07, 6.45) is 13.4. The average Bonchev–Trinajstić information content (AvgIpc) is 3.31. The lowest BCUT2D eigenvalue weighted by molar-refractivity contribution is -0.218. The lowest BCUT2D eigenvalue weighted by Gasteiger charge is -2.58. The molecule has 5 aliphatic rings. The Balaban J connectivity index is 1.01. The maximum absolute atomic E-state index is 10.3. The fraction of sp³-hybridized carbons (Fsp3) is 0.939. The molecule has 8 heteroatoms. The highest BCUT2D eigenvalue weighted by molar-refractivity contribution is 7.80. The molecule has 13 atom stereocenters. The minimum atomic E-state index is -1.17. The summed E-state index contributed by atoms with van der Waals surface area (Å²) in [4.78, 5) is 0. The highest BCUT2D eigenvalue weighted by Gasteiger charge is 2.59. The van der Waals surface area contributed by atoms with E-state index in [1.165, 1.54) is 44.9 Å². The second-order valence-electron chi connectivity index (χ2n) is 14.6. The SMILES string of the molecule is CC(N)[C@H]1CC[C@H]2[C@@H]3CC=C4CC(OCCCCCCO[C@H]5[C@@H](O)[C@H](O)[C@@H](CO)O[C@H]5S)CC[C@]4(C)[C@H]3CC[C@]12C. The van der Waals surface area contributed by atoms with E-state index in [2.05, 4.69) is 39.5 Å². The second kappa shape index (κ2) is 13.4. The van der Waals surface area contributed by atoms with E-state index in [9.17, 15) is 15.3 Å². The second-order valence-corrected chi connectivity index (χ2v) is 15.1. The van der Waals surface area contributed by atoms with Gasteiger partial charge in [-0.1, -0.05) is 38.3 Å². The molecule has 2 unspecified atom stereocenters. The summed E-state index contributed by atoms with van der Waals surface area (Å²) < 4.78 is 17.6. The van der Waals surface area contributed by atoms with Gasteiger partial charge in [0.1, 0.15) is 29.9 Å². The van der Waals surface area contributed by atoms with Crippen molar-refractivity contribution in [2.45, 2.75) is 140 Å². The largest absolute Gasteiger partial charge is 0.394 e. The van der Waals surface area contributed by atoms with E-state index in [4.69, 9.17) is 19.9 Å². The molecule has 1 aliphatic heterocycles. The fourth-order valence-electron chi connectivity index (χ4n) is 9.95. The number of aliphatic hydroxyl groups is 3. The van der Waals surface area contributed by atoms with Crippen LogP contribution in [0.5, 0.6) is 0 Å². The molecule has 0 aromatic carbocycles. The fourth-order valence-corrected chi connectivity index (χ4v) is 10.4. The number of unbranched alkanes of at least 4 members (excludes halogenated alkanes) is 3. The molecule has 4 fully saturated rings. The topological polar surface area (TPSA) is 114 Å². The van der Waals surface area contributed by atoms with Gasteiger partial charge in [0, 0.05) is 19.3 Å². The van der Waals surface area contributed by atoms with Gasteiger partial charge in [0.05, 0.1) is 12.7 Å². The van der Waals surface area contributed by atoms with E-state index in [0.29, 0.717) is 35.5 Å². The number of aliphatic hydroxyl groups excluding tert-OH is 3. The Labute approximate surface area is 253 Å². The van der Waals surface area contributed by atoms with Crippen molar-refractivity contribution < 1.29 is 29.5 Å². The molecular formula is C33H57NO6S. The highest BCUT2D eigenvalue weighted by atomic mass is 32.1. The predicted molar refractivity (Wildman–Crippen MR) is 164 cm³/mol. The van der Waals surface area contributed by atoms with E-state index in [0.717, 1.165) is 56.5 Å². The molecule has 41 heavy (non-hydrogen) atoms. The minimum absolute atomic E-state index is 0.315. The summed E-state index contributed by atoms with van der Waals surface area (Å²) in [5.41, 5.74) is 8.28. The van der Waals surface area contributed by atoms with Crippen LogP contribution >= 0.6 is 12.6 Å². The van der Waals surface area contributed by atoms with Crippen molar-refractivity contribution in [2.24, 2.45) is 40.2 Å². The zero-order chi connectivity index (χ0) is 29.4. The number of hydrogen-bond donors (Lipinski definition) is 5. The van der Waals surface area contributed by atoms with Gasteiger partial charge in [0.25, 0.3) is 0 Å². The van der Waals surface area contributed by atoms with Crippen LogP contribution in [-0.2, 0) is 14.2 Å². The zero-order valence-electron chi connectivity index (χ0n) is 25.6. The third kappa shape index (κ3) is 6.33. The van der Waals surface area contributed by atoms with Gasteiger partial charge in [-0.05, 0) is 106 Å². The summed E-state index contributed by atoms with van der Waals surface area (Å²) in [6, 6.07) is 0.315. The van der Waals surface area contributed by atoms with Crippen LogP contribution in [0.2, 0.25) is 0 Å². The Hall–Kier alpha value is -0.190. The highest BCUT2D eigenvalue weighted by Crippen LogP contribution is 2.66. The molecule has 5 N–H and O–H groups in total. The van der Waals surface area contributed by atoms with Gasteiger partial charge >= 0.3 is 0 Å². The first-order valence-corrected chi connectivity index (χ1v) is 17.1. The number of thiol groups is 1. The normalized spacial score (nSPS) is 46.8. The number of rotatable bonds is 11. The Morgan fingerprint density at radius 2 is 1.73 bits per heavy atom. The first kappa shape index (κ1) is 32.2. The lowest BCUT2D eigenvalue weighted by atomic mass is 9.47. The molecule has 0 bridgehead atoms. The van der Waals surface area contributed by atoms with Crippen LogP contribution in [0.25, 0.3) is 0 Å². The molecule has 4 aliphatic carbocycles. The summed E-state index contributed by atoms with van der Waals surface area (Å²) in [7, 11) is 0. The molecule has 1 saturated heterocycles. The Morgan fingerprint density at radius 3 is 2.44 bits per heavy atom. The molecule has 7 nitrogen and oxygen atoms in total. The summed E-state index contributed by atoms with van der Waals surface area (Å²) in [5, 5.41) is 29.6. The number of fused-ring (bicyclic) bond motifs is 5. The van der Waals surface area contributed by atoms with Crippen LogP contribution in [-0.4, -0.2) is 77.1 Å². The number of nitrogens with two attached hydrogens (primary N) is 1. The average molecular weight is 596 g/mol. The Bertz CT molecular complexity index is 903. The molecule has 0 amide bonds. The first-order valence-electron chi connectivity index (χ1n) is 16.6. The zero-order valence-corrected chi connectivity index (χ0v) is 26.5. The molecule has 236 valence electrons. The monoisotopic (exact) mass is 595 g/mol. The van der Waals surface area contributed by atoms with E-state index in [-0.39, 0.29) is 6.61 Å². The van der Waals surface area contributed by atoms with Crippen LogP contribution in [0.1, 0.15) is 97.8 Å². The summed E-state index contributed by atoms with van der Waals surface area (Å²) in [6.45, 7) is 8.31. The van der Waals surface area contributed by atoms with Gasteiger partial charge in [-0.15, -0.1) is 12.6 Å². The van der Waals surface area contributed by atoms with Crippen molar-refractivity contribution in [1.82, 2.24) is 0 Å². The maximum Gasteiger partial charge on any atom is 0.129 e. The van der Waals surface area contributed by atoms with E-state index in [1.807, 2.05) is 0 Å². The summed E-state index contributed by atoms with van der Waals surface area (Å²) >= 11 is 4.32. The summed E-state index contributed by atoms with van der Waals surface area (Å²) in [5.74, 6) is 3.20. The number of allylic oxidation sites excluding steroid dienone is 1. The predicted octanol–water partition coefficient (Wildman–Crippen LogP) is 4.61. The van der Waals surface area contributed by atoms with Gasteiger partial charge < -0.3 is 35.3 Å². The third-order valence-electron chi connectivity index (χ3n) is 12.3. The molecule has 3 saturated carbocycles. The van der Waals surface area contributed by atoms with E-state index in [1.54, 1.807) is 5.57 Å². The molecule has 0 radical (unpaired) electrons. The van der Waals surface area contributed by atoms with Crippen LogP contribution < -0.4 is 5.73 Å². The number of hydrogen-bond acceptors (Lipinski definition) is 8. The third-order valence-corrected chi connectivity index (χ3v) is 12.7. The molecule has 1 heterocycles. The number of ether oxygens (including phenoxy) is 3. The standard InChI is InChI=1S/C33H57NO6S/c1-20(34)24-10-11-25-23-9-8-21-18-22(12-14-32(21,2)26(23)13-15-33(24,25)3)38-16-6-4-5-7-17-39-30-29(37)28(36)27(19-35)40-31(30)41/h8,20,22-31,35-37,41H,4-7,9-19,34H2,1-3H3/t20?,22?,23-,24+,25-,26-,27+,28+,29-,30-,31-,32-,33+/m0/s1. The van der Waals surface area contributed by atoms with Crippen LogP contribution in [0.15, 0.2) is 11.6 Å². The van der Waals surface area contributed by atoms with Gasteiger partial charge in [0.2, 0.25) is 0 Å². The van der Waals surface area contributed by atoms with Gasteiger partial charge in [-0.3, -0.25) is 0 Å². The quantitative estimate of drug-likeness (QED) is 0.135. The molecular weight excluding hydrogens is 538 g/mol. The molecule has 0 spiro atoms. The molecule has 0 aromatic rings. The van der Waals surface area contributed by atoms with E-state index < -0.39 is 29.9 Å². The maximum atomic E-state index is 10.3. The van der Waals surface area contributed by atoms with Crippen molar-refractivity contribution in [2.75, 3.05) is 19.8 Å². The first-order chi connectivity index (χ1) is 19.6. The van der Waals surface area contributed by atoms with Crippen LogP contribution in [0.3, 0.4) is 0 Å². The van der Waals surface area contributed by atoms with Crippen LogP contribution in [0.4, 0.5) is 0 Å². The van der Waals surface area contributed by atoms with Crippen molar-refractivity contribution in [3.05, 3.63) is 11.6 Å². The van der Waals surface area contributed by atoms with Crippen molar-refractivity contribution in [3.8, 4) is 0 Å². The van der Waals surface area contributed by atoms with Gasteiger partial charge in [0.15, 0.2) is 0 Å². The van der Waals surface area contributed by atoms with Crippen molar-refractivity contribution >= 4 is 12.6 Å².